The molecule has 0 aliphatic heterocycles. The molecule has 2 rings (SSSR count). The van der Waals surface area contributed by atoms with Gasteiger partial charge in [-0.25, -0.2) is 5.43 Å². The number of amides is 1. The van der Waals surface area contributed by atoms with Crippen LogP contribution in [0.5, 0.6) is 5.88 Å². The van der Waals surface area contributed by atoms with Crippen molar-refractivity contribution < 1.29 is 9.90 Å². The van der Waals surface area contributed by atoms with E-state index in [1.54, 1.807) is 30.3 Å². The van der Waals surface area contributed by atoms with Crippen molar-refractivity contribution in [3.8, 4) is 5.88 Å². The lowest BCUT2D eigenvalue weighted by atomic mass is 10.2. The number of carbonyl (C=O) groups excluding carboxylic acids is 1. The first kappa shape index (κ1) is 16.4. The monoisotopic (exact) mass is 330 g/mol. The fourth-order valence-corrected chi connectivity index (χ4v) is 2.05. The van der Waals surface area contributed by atoms with Gasteiger partial charge in [0, 0.05) is 12.1 Å². The Morgan fingerprint density at radius 1 is 1.43 bits per heavy atom. The molecule has 1 heterocycles. The second-order valence-corrected chi connectivity index (χ2v) is 4.85. The number of benzene rings is 1. The molecule has 1 aromatic heterocycles. The summed E-state index contributed by atoms with van der Waals surface area (Å²) >= 11 is 4.96. The van der Waals surface area contributed by atoms with E-state index < -0.39 is 11.5 Å². The second-order valence-electron chi connectivity index (χ2n) is 4.46. The molecule has 3 N–H and O–H groups in total. The number of nitrogens with zero attached hydrogens (tertiary/aromatic N) is 2. The Labute approximate surface area is 136 Å². The lowest BCUT2D eigenvalue weighted by Crippen LogP contribution is -2.21. The average Bonchev–Trinajstić information content (AvgIpc) is 2.55. The number of hydrogen-bond donors (Lipinski definition) is 3. The van der Waals surface area contributed by atoms with Crippen molar-refractivity contribution in [2.24, 2.45) is 5.10 Å². The van der Waals surface area contributed by atoms with E-state index >= 15 is 0 Å². The van der Waals surface area contributed by atoms with Crippen LogP contribution < -0.4 is 11.0 Å². The maximum absolute atomic E-state index is 11.8. The fourth-order valence-electron chi connectivity index (χ4n) is 1.80. The van der Waals surface area contributed by atoms with E-state index in [-0.39, 0.29) is 22.8 Å². The lowest BCUT2D eigenvalue weighted by Gasteiger charge is -2.08. The van der Waals surface area contributed by atoms with Gasteiger partial charge in [0.25, 0.3) is 11.5 Å². The Balaban J connectivity index is 2.25. The van der Waals surface area contributed by atoms with Crippen LogP contribution in [-0.2, 0) is 6.54 Å². The van der Waals surface area contributed by atoms with Gasteiger partial charge in [-0.2, -0.15) is 5.10 Å². The predicted octanol–water partition coefficient (Wildman–Crippen LogP) is 1.56. The number of hydrogen-bond acceptors (Lipinski definition) is 5. The summed E-state index contributed by atoms with van der Waals surface area (Å²) in [6.45, 7) is 3.77. The Morgan fingerprint density at radius 2 is 2.13 bits per heavy atom. The van der Waals surface area contributed by atoms with Gasteiger partial charge >= 0.3 is 0 Å². The van der Waals surface area contributed by atoms with Crippen LogP contribution in [0.25, 0.3) is 0 Å². The number of allylic oxidation sites excluding steroid dienone is 1. The molecule has 118 valence electrons. The lowest BCUT2D eigenvalue weighted by molar-refractivity contribution is 0.0955. The first-order valence-corrected chi connectivity index (χ1v) is 7.01. The number of H-pyrrole nitrogens is 1. The van der Waals surface area contributed by atoms with Crippen molar-refractivity contribution in [2.45, 2.75) is 6.54 Å². The van der Waals surface area contributed by atoms with Crippen molar-refractivity contribution in [3.05, 3.63) is 69.2 Å². The number of rotatable bonds is 5. The molecular formula is C15H14N4O3S. The Kier molecular flexibility index (Phi) is 5.21. The number of aromatic hydroxyl groups is 1. The maximum atomic E-state index is 11.8. The van der Waals surface area contributed by atoms with Crippen LogP contribution in [0.3, 0.4) is 0 Å². The van der Waals surface area contributed by atoms with Gasteiger partial charge in [-0.15, -0.1) is 6.58 Å². The summed E-state index contributed by atoms with van der Waals surface area (Å²) in [5.74, 6) is -0.784. The van der Waals surface area contributed by atoms with Gasteiger partial charge in [0.2, 0.25) is 5.88 Å². The van der Waals surface area contributed by atoms with Crippen LogP contribution in [0.15, 0.2) is 52.9 Å². The second kappa shape index (κ2) is 7.32. The predicted molar refractivity (Wildman–Crippen MR) is 89.3 cm³/mol. The zero-order valence-electron chi connectivity index (χ0n) is 12.0. The van der Waals surface area contributed by atoms with Gasteiger partial charge in [0.05, 0.1) is 6.21 Å². The summed E-state index contributed by atoms with van der Waals surface area (Å²) in [6, 6.07) is 8.47. The molecule has 0 aliphatic rings. The largest absolute Gasteiger partial charge is 0.494 e. The van der Waals surface area contributed by atoms with Crippen LogP contribution in [-0.4, -0.2) is 26.8 Å². The molecule has 23 heavy (non-hydrogen) atoms. The van der Waals surface area contributed by atoms with Crippen molar-refractivity contribution in [3.63, 3.8) is 0 Å². The van der Waals surface area contributed by atoms with Crippen molar-refractivity contribution in [1.29, 1.82) is 0 Å². The molecule has 1 amide bonds. The number of nitrogens with one attached hydrogen (secondary N) is 2. The highest BCUT2D eigenvalue weighted by Crippen LogP contribution is 2.11. The molecule has 0 saturated carbocycles. The molecule has 0 aliphatic carbocycles. The van der Waals surface area contributed by atoms with E-state index in [1.165, 1.54) is 10.6 Å². The number of hydrazone groups is 1. The number of aromatic amines is 1. The Hall–Kier alpha value is -3.00. The standard InChI is InChI=1S/C15H14N4O3S/c1-2-8-19-14(22)11(13(21)17-15(19)23)9-16-18-12(20)10-6-4-3-5-7-10/h2-7,9,22H,1,8H2,(H,18,20)(H,17,21,23)/b16-9+. The average molecular weight is 330 g/mol. The van der Waals surface area contributed by atoms with Gasteiger partial charge in [-0.05, 0) is 24.4 Å². The summed E-state index contributed by atoms with van der Waals surface area (Å²) < 4.78 is 1.35. The Bertz CT molecular complexity index is 869. The molecule has 7 nitrogen and oxygen atoms in total. The minimum Gasteiger partial charge on any atom is -0.494 e. The molecule has 0 atom stereocenters. The smallest absolute Gasteiger partial charge is 0.271 e. The van der Waals surface area contributed by atoms with Gasteiger partial charge in [0.1, 0.15) is 5.56 Å². The first-order valence-electron chi connectivity index (χ1n) is 6.60. The molecule has 2 aromatic rings. The van der Waals surface area contributed by atoms with Crippen LogP contribution in [0.1, 0.15) is 15.9 Å². The third-order valence-electron chi connectivity index (χ3n) is 2.91. The molecule has 1 aromatic carbocycles. The van der Waals surface area contributed by atoms with E-state index in [0.29, 0.717) is 5.56 Å². The molecule has 0 spiro atoms. The van der Waals surface area contributed by atoms with E-state index in [9.17, 15) is 14.7 Å². The van der Waals surface area contributed by atoms with Gasteiger partial charge < -0.3 is 5.11 Å². The molecule has 8 heteroatoms. The van der Waals surface area contributed by atoms with Crippen molar-refractivity contribution >= 4 is 24.3 Å². The molecule has 0 saturated heterocycles. The Morgan fingerprint density at radius 3 is 2.78 bits per heavy atom. The zero-order chi connectivity index (χ0) is 16.8. The fraction of sp³-hybridized carbons (Fsp3) is 0.0667. The summed E-state index contributed by atoms with van der Waals surface area (Å²) in [4.78, 5) is 26.1. The van der Waals surface area contributed by atoms with E-state index in [2.05, 4.69) is 22.1 Å². The van der Waals surface area contributed by atoms with Crippen LogP contribution in [0, 0.1) is 4.77 Å². The summed E-state index contributed by atoms with van der Waals surface area (Å²) in [7, 11) is 0. The highest BCUT2D eigenvalue weighted by atomic mass is 32.1. The van der Waals surface area contributed by atoms with Crippen LogP contribution in [0.2, 0.25) is 0 Å². The highest BCUT2D eigenvalue weighted by molar-refractivity contribution is 7.71. The third-order valence-corrected chi connectivity index (χ3v) is 3.24. The normalized spacial score (nSPS) is 10.6. The molecule has 0 radical (unpaired) electrons. The summed E-state index contributed by atoms with van der Waals surface area (Å²) in [6.07, 6.45) is 2.58. The summed E-state index contributed by atoms with van der Waals surface area (Å²) in [5, 5.41) is 13.8. The van der Waals surface area contributed by atoms with Crippen molar-refractivity contribution in [2.75, 3.05) is 0 Å². The van der Waals surface area contributed by atoms with Crippen LogP contribution in [0.4, 0.5) is 0 Å². The highest BCUT2D eigenvalue weighted by Gasteiger charge is 2.10. The number of carbonyl (C=O) groups is 1. The van der Waals surface area contributed by atoms with Crippen molar-refractivity contribution in [1.82, 2.24) is 15.0 Å². The summed E-state index contributed by atoms with van der Waals surface area (Å²) in [5.41, 5.74) is 1.98. The third kappa shape index (κ3) is 3.80. The minimum absolute atomic E-state index is 0.0675. The molecular weight excluding hydrogens is 316 g/mol. The van der Waals surface area contributed by atoms with Gasteiger partial charge in [-0.1, -0.05) is 24.3 Å². The topological polar surface area (TPSA) is 99.5 Å². The maximum Gasteiger partial charge on any atom is 0.271 e. The van der Waals surface area contributed by atoms with E-state index in [0.717, 1.165) is 6.21 Å². The van der Waals surface area contributed by atoms with Gasteiger partial charge in [0.15, 0.2) is 4.77 Å². The molecule has 0 fully saturated rings. The molecule has 0 bridgehead atoms. The molecule has 0 unspecified atom stereocenters. The number of aromatic nitrogens is 2. The SMILES string of the molecule is C=CCn1c(O)c(/C=N/NC(=O)c2ccccc2)c(=O)[nH]c1=S. The van der Waals surface area contributed by atoms with E-state index in [1.807, 2.05) is 0 Å². The quantitative estimate of drug-likeness (QED) is 0.335. The first-order chi connectivity index (χ1) is 11.0. The minimum atomic E-state index is -0.606. The van der Waals surface area contributed by atoms with Gasteiger partial charge in [-0.3, -0.25) is 19.1 Å². The van der Waals surface area contributed by atoms with Crippen LogP contribution >= 0.6 is 12.2 Å². The van der Waals surface area contributed by atoms with E-state index in [4.69, 9.17) is 12.2 Å². The zero-order valence-corrected chi connectivity index (χ0v) is 12.8.